The molecule has 4 rings (SSSR count). The number of carbonyl (C=O) groups is 1. The van der Waals surface area contributed by atoms with Gasteiger partial charge in [0.1, 0.15) is 17.2 Å². The summed E-state index contributed by atoms with van der Waals surface area (Å²) in [5.41, 5.74) is 0.511. The topological polar surface area (TPSA) is 63.7 Å². The zero-order valence-electron chi connectivity index (χ0n) is 14.7. The second-order valence-corrected chi connectivity index (χ2v) is 9.13. The highest BCUT2D eigenvalue weighted by molar-refractivity contribution is 7.88. The van der Waals surface area contributed by atoms with Gasteiger partial charge in [0, 0.05) is 25.9 Å². The lowest BCUT2D eigenvalue weighted by Gasteiger charge is -2.43. The van der Waals surface area contributed by atoms with Crippen molar-refractivity contribution in [3.05, 3.63) is 65.5 Å². The fraction of sp³-hybridized carbons (Fsp3) is 0.350. The van der Waals surface area contributed by atoms with Crippen LogP contribution in [0.1, 0.15) is 35.2 Å². The molecule has 7 heteroatoms. The molecule has 5 nitrogen and oxygen atoms in total. The summed E-state index contributed by atoms with van der Waals surface area (Å²) in [5, 5.41) is 0. The molecule has 1 spiro atoms. The van der Waals surface area contributed by atoms with Crippen LogP contribution < -0.4 is 4.74 Å². The summed E-state index contributed by atoms with van der Waals surface area (Å²) in [5.74, 6) is 0.0643. The molecule has 0 unspecified atom stereocenters. The molecule has 0 amide bonds. The van der Waals surface area contributed by atoms with Crippen molar-refractivity contribution in [3.63, 3.8) is 0 Å². The van der Waals surface area contributed by atoms with Gasteiger partial charge < -0.3 is 4.74 Å². The van der Waals surface area contributed by atoms with Crippen LogP contribution in [0.2, 0.25) is 0 Å². The maximum absolute atomic E-state index is 13.0. The van der Waals surface area contributed by atoms with Gasteiger partial charge in [0.25, 0.3) is 0 Å². The summed E-state index contributed by atoms with van der Waals surface area (Å²) in [6.45, 7) is 0.609. The Morgan fingerprint density at radius 3 is 2.41 bits per heavy atom. The molecule has 0 bridgehead atoms. The van der Waals surface area contributed by atoms with E-state index in [9.17, 15) is 17.6 Å². The quantitative estimate of drug-likeness (QED) is 0.809. The molecule has 0 radical (unpaired) electrons. The Kier molecular flexibility index (Phi) is 4.52. The summed E-state index contributed by atoms with van der Waals surface area (Å²) in [7, 11) is -3.51. The first-order valence-corrected chi connectivity index (χ1v) is 10.5. The predicted octanol–water partition coefficient (Wildman–Crippen LogP) is 3.16. The van der Waals surface area contributed by atoms with E-state index in [-0.39, 0.29) is 18.0 Å². The highest BCUT2D eigenvalue weighted by atomic mass is 32.2. The average molecular weight is 389 g/mol. The molecule has 1 saturated heterocycles. The average Bonchev–Trinajstić information content (AvgIpc) is 2.64. The standard InChI is InChI=1S/C20H20FNO4S/c21-16-7-5-15(6-8-16)14-27(24,25)22-11-9-20(10-12-22)13-18(23)17-3-1-2-4-19(17)26-20/h1-8H,9-14H2. The van der Waals surface area contributed by atoms with E-state index in [2.05, 4.69) is 0 Å². The minimum atomic E-state index is -3.51. The van der Waals surface area contributed by atoms with Crippen molar-refractivity contribution >= 4 is 15.8 Å². The first-order chi connectivity index (χ1) is 12.9. The van der Waals surface area contributed by atoms with Crippen LogP contribution in [0.25, 0.3) is 0 Å². The third-order valence-corrected chi connectivity index (χ3v) is 7.14. The van der Waals surface area contributed by atoms with Crippen LogP contribution in [-0.2, 0) is 15.8 Å². The van der Waals surface area contributed by atoms with Gasteiger partial charge in [-0.1, -0.05) is 24.3 Å². The lowest BCUT2D eigenvalue weighted by molar-refractivity contribution is 0.00590. The molecule has 2 aromatic rings. The second-order valence-electron chi connectivity index (χ2n) is 7.16. The van der Waals surface area contributed by atoms with Crippen LogP contribution in [0.3, 0.4) is 0 Å². The van der Waals surface area contributed by atoms with Crippen molar-refractivity contribution in [2.75, 3.05) is 13.1 Å². The van der Waals surface area contributed by atoms with Gasteiger partial charge in [-0.3, -0.25) is 4.79 Å². The molecule has 142 valence electrons. The number of sulfonamides is 1. The second kappa shape index (κ2) is 6.73. The van der Waals surface area contributed by atoms with Gasteiger partial charge in [-0.2, -0.15) is 0 Å². The fourth-order valence-electron chi connectivity index (χ4n) is 3.78. The Hall–Kier alpha value is -2.25. The predicted molar refractivity (Wildman–Crippen MR) is 98.6 cm³/mol. The lowest BCUT2D eigenvalue weighted by Crippen LogP contribution is -2.52. The molecular weight excluding hydrogens is 369 g/mol. The number of Topliss-reactive ketones (excluding diaryl/α,β-unsaturated/α-hetero) is 1. The number of rotatable bonds is 3. The number of ether oxygens (including phenoxy) is 1. The molecule has 0 saturated carbocycles. The van der Waals surface area contributed by atoms with Gasteiger partial charge in [-0.15, -0.1) is 0 Å². The van der Waals surface area contributed by atoms with Crippen molar-refractivity contribution in [3.8, 4) is 5.75 Å². The largest absolute Gasteiger partial charge is 0.486 e. The van der Waals surface area contributed by atoms with E-state index in [1.165, 1.54) is 28.6 Å². The van der Waals surface area contributed by atoms with E-state index in [1.54, 1.807) is 12.1 Å². The Bertz CT molecular complexity index is 964. The Morgan fingerprint density at radius 2 is 1.70 bits per heavy atom. The molecular formula is C20H20FNO4S. The summed E-state index contributed by atoms with van der Waals surface area (Å²) < 4.78 is 46.0. The zero-order valence-corrected chi connectivity index (χ0v) is 15.5. The van der Waals surface area contributed by atoms with Crippen molar-refractivity contribution in [2.45, 2.75) is 30.6 Å². The van der Waals surface area contributed by atoms with Crippen LogP contribution >= 0.6 is 0 Å². The lowest BCUT2D eigenvalue weighted by atomic mass is 9.83. The Labute approximate surface area is 157 Å². The van der Waals surface area contributed by atoms with Gasteiger partial charge in [0.15, 0.2) is 5.78 Å². The number of halogens is 1. The maximum atomic E-state index is 13.0. The van der Waals surface area contributed by atoms with Gasteiger partial charge in [-0.05, 0) is 29.8 Å². The van der Waals surface area contributed by atoms with Gasteiger partial charge in [0.05, 0.1) is 17.7 Å². The van der Waals surface area contributed by atoms with Gasteiger partial charge in [-0.25, -0.2) is 17.1 Å². The molecule has 0 aliphatic carbocycles. The minimum absolute atomic E-state index is 0.0412. The summed E-state index contributed by atoms with van der Waals surface area (Å²) in [6, 6.07) is 12.7. The molecule has 2 aromatic carbocycles. The maximum Gasteiger partial charge on any atom is 0.218 e. The number of hydrogen-bond acceptors (Lipinski definition) is 4. The summed E-state index contributed by atoms with van der Waals surface area (Å²) >= 11 is 0. The number of carbonyl (C=O) groups excluding carboxylic acids is 1. The number of para-hydroxylation sites is 1. The van der Waals surface area contributed by atoms with E-state index in [1.807, 2.05) is 12.1 Å². The van der Waals surface area contributed by atoms with Crippen LogP contribution in [0.5, 0.6) is 5.75 Å². The van der Waals surface area contributed by atoms with Gasteiger partial charge in [0.2, 0.25) is 10.0 Å². The third kappa shape index (κ3) is 3.61. The van der Waals surface area contributed by atoms with Crippen molar-refractivity contribution in [1.29, 1.82) is 0 Å². The first kappa shape index (κ1) is 18.1. The molecule has 2 aliphatic heterocycles. The van der Waals surface area contributed by atoms with Crippen LogP contribution in [-0.4, -0.2) is 37.2 Å². The number of fused-ring (bicyclic) bond motifs is 1. The molecule has 0 atom stereocenters. The highest BCUT2D eigenvalue weighted by Crippen LogP contribution is 2.39. The highest BCUT2D eigenvalue weighted by Gasteiger charge is 2.44. The normalized spacial score (nSPS) is 19.5. The van der Waals surface area contributed by atoms with Crippen LogP contribution in [0.15, 0.2) is 48.5 Å². The van der Waals surface area contributed by atoms with E-state index >= 15 is 0 Å². The van der Waals surface area contributed by atoms with Crippen molar-refractivity contribution in [2.24, 2.45) is 0 Å². The molecule has 0 aromatic heterocycles. The zero-order chi connectivity index (χ0) is 19.1. The third-order valence-electron chi connectivity index (χ3n) is 5.29. The fourth-order valence-corrected chi connectivity index (χ4v) is 5.31. The van der Waals surface area contributed by atoms with Crippen LogP contribution in [0.4, 0.5) is 4.39 Å². The number of hydrogen-bond donors (Lipinski definition) is 0. The summed E-state index contributed by atoms with van der Waals surface area (Å²) in [6.07, 6.45) is 1.21. The van der Waals surface area contributed by atoms with E-state index in [0.29, 0.717) is 42.8 Å². The van der Waals surface area contributed by atoms with Gasteiger partial charge >= 0.3 is 0 Å². The Balaban J connectivity index is 1.46. The van der Waals surface area contributed by atoms with Crippen molar-refractivity contribution in [1.82, 2.24) is 4.31 Å². The van der Waals surface area contributed by atoms with Crippen LogP contribution in [0, 0.1) is 5.82 Å². The van der Waals surface area contributed by atoms with Crippen molar-refractivity contribution < 1.29 is 22.3 Å². The summed E-state index contributed by atoms with van der Waals surface area (Å²) in [4.78, 5) is 12.5. The number of nitrogens with zero attached hydrogens (tertiary/aromatic N) is 1. The molecule has 27 heavy (non-hydrogen) atoms. The SMILES string of the molecule is O=C1CC2(CCN(S(=O)(=O)Cc3ccc(F)cc3)CC2)Oc2ccccc21. The monoisotopic (exact) mass is 389 g/mol. The molecule has 2 heterocycles. The molecule has 0 N–H and O–H groups in total. The Morgan fingerprint density at radius 1 is 1.04 bits per heavy atom. The number of benzene rings is 2. The van der Waals surface area contributed by atoms with E-state index in [0.717, 1.165) is 0 Å². The first-order valence-electron chi connectivity index (χ1n) is 8.90. The molecule has 1 fully saturated rings. The molecule has 2 aliphatic rings. The van der Waals surface area contributed by atoms with E-state index in [4.69, 9.17) is 4.74 Å². The number of piperidine rings is 1. The smallest absolute Gasteiger partial charge is 0.218 e. The van der Waals surface area contributed by atoms with E-state index < -0.39 is 21.4 Å². The number of ketones is 1. The minimum Gasteiger partial charge on any atom is -0.486 e.